The van der Waals surface area contributed by atoms with Gasteiger partial charge in [-0.05, 0) is 74.6 Å². The van der Waals surface area contributed by atoms with Crippen molar-refractivity contribution in [1.82, 2.24) is 0 Å². The molecule has 2 nitrogen and oxygen atoms in total. The van der Waals surface area contributed by atoms with Crippen LogP contribution in [0.1, 0.15) is 333 Å². The molecule has 0 radical (unpaired) electrons. The van der Waals surface area contributed by atoms with Gasteiger partial charge in [0, 0.05) is 42.9 Å². The molecule has 0 fully saturated rings. The fraction of sp³-hybridized carbons (Fsp3) is 0.703. The average molecular weight is 1100 g/mol. The summed E-state index contributed by atoms with van der Waals surface area (Å²) in [6.45, 7) is 11.4. The molecule has 3 heteroatoms. The molecule has 0 aromatic heterocycles. The van der Waals surface area contributed by atoms with Gasteiger partial charge in [0.15, 0.2) is 0 Å². The van der Waals surface area contributed by atoms with Gasteiger partial charge < -0.3 is 5.53 Å². The molecule has 0 bridgehead atoms. The number of hydrogen-bond acceptors (Lipinski definition) is 0. The molecule has 0 saturated heterocycles. The van der Waals surface area contributed by atoms with E-state index >= 15 is 0 Å². The fourth-order valence-electron chi connectivity index (χ4n) is 10.4. The van der Waals surface area contributed by atoms with Crippen LogP contribution in [0.3, 0.4) is 0 Å². The molecule has 0 unspecified atom stereocenters. The van der Waals surface area contributed by atoms with Crippen molar-refractivity contribution >= 4 is 11.4 Å². The maximum absolute atomic E-state index is 12.1. The molecule has 0 saturated carbocycles. The summed E-state index contributed by atoms with van der Waals surface area (Å²) < 4.78 is 1.48. The van der Waals surface area contributed by atoms with Crippen LogP contribution in [0.25, 0.3) is 16.9 Å². The van der Waals surface area contributed by atoms with E-state index in [1.807, 2.05) is 14.4 Å². The third kappa shape index (κ3) is 37.4. The van der Waals surface area contributed by atoms with E-state index in [1.165, 1.54) is 258 Å². The molecule has 0 atom stereocenters. The van der Waals surface area contributed by atoms with Crippen molar-refractivity contribution in [2.24, 2.45) is 0 Å². The molecule has 0 spiro atoms. The molecule has 1 aliphatic rings. The first-order chi connectivity index (χ1) is 38.1. The Kier molecular flexibility index (Phi) is 48.6. The van der Waals surface area contributed by atoms with Crippen LogP contribution in [-0.2, 0) is 27.3 Å². The molecule has 0 aliphatic carbocycles. The predicted molar refractivity (Wildman–Crippen MR) is 340 cm³/mol. The predicted octanol–water partition coefficient (Wildman–Crippen LogP) is 24.9. The Morgan fingerprint density at radius 3 is 1.16 bits per heavy atom. The second kappa shape index (κ2) is 53.5. The zero-order valence-corrected chi connectivity index (χ0v) is 52.3. The summed E-state index contributed by atoms with van der Waals surface area (Å²) in [7, 11) is 0. The Morgan fingerprint density at radius 2 is 0.727 bits per heavy atom. The summed E-state index contributed by atoms with van der Waals surface area (Å²) in [5.41, 5.74) is 19.7. The van der Waals surface area contributed by atoms with Gasteiger partial charge >= 0.3 is 103 Å². The molecular formula is C74H120N2Ni. The fourth-order valence-corrected chi connectivity index (χ4v) is 11.6. The molecule has 436 valence electrons. The molecule has 1 heterocycles. The molecule has 2 aromatic carbocycles. The van der Waals surface area contributed by atoms with Crippen LogP contribution in [0.5, 0.6) is 0 Å². The number of benzene rings is 2. The maximum atomic E-state index is 12.1. The van der Waals surface area contributed by atoms with E-state index in [1.54, 1.807) is 0 Å². The van der Waals surface area contributed by atoms with Gasteiger partial charge in [-0.1, -0.05) is 217 Å². The molecule has 3 rings (SSSR count). The number of allylic oxidation sites excluding steroid dienone is 4. The van der Waals surface area contributed by atoms with Crippen LogP contribution >= 0.6 is 0 Å². The third-order valence-electron chi connectivity index (χ3n) is 15.3. The van der Waals surface area contributed by atoms with Gasteiger partial charge in [0.1, 0.15) is 0 Å². The van der Waals surface area contributed by atoms with E-state index in [9.17, 15) is 5.53 Å². The molecular weight excluding hydrogens is 976 g/mol. The van der Waals surface area contributed by atoms with E-state index < -0.39 is 0 Å². The van der Waals surface area contributed by atoms with Gasteiger partial charge in [0.2, 0.25) is 11.4 Å². The number of hydrogen-bond donors (Lipinski definition) is 0. The summed E-state index contributed by atoms with van der Waals surface area (Å²) in [6.07, 6.45) is 65.2. The quantitative estimate of drug-likeness (QED) is 0.0273. The van der Waals surface area contributed by atoms with Gasteiger partial charge in [0.25, 0.3) is 0 Å². The molecule has 0 N–H and O–H groups in total. The van der Waals surface area contributed by atoms with E-state index in [-0.39, 0.29) is 0 Å². The Balaban J connectivity index is 0.00000117. The first-order valence-electron chi connectivity index (χ1n) is 33.3. The summed E-state index contributed by atoms with van der Waals surface area (Å²) in [5.74, 6) is 13.9. The van der Waals surface area contributed by atoms with Crippen molar-refractivity contribution in [3.8, 4) is 23.7 Å². The molecule has 1 aliphatic heterocycles. The van der Waals surface area contributed by atoms with Crippen molar-refractivity contribution in [2.45, 2.75) is 334 Å². The van der Waals surface area contributed by atoms with Crippen molar-refractivity contribution in [1.29, 1.82) is 0 Å². The molecule has 0 amide bonds. The summed E-state index contributed by atoms with van der Waals surface area (Å²) in [6, 6.07) is 17.3. The van der Waals surface area contributed by atoms with Crippen LogP contribution in [0.4, 0.5) is 0 Å². The second-order valence-corrected chi connectivity index (χ2v) is 24.0. The van der Waals surface area contributed by atoms with E-state index in [2.05, 4.69) is 125 Å². The van der Waals surface area contributed by atoms with Crippen LogP contribution in [0, 0.1) is 23.7 Å². The van der Waals surface area contributed by atoms with Crippen molar-refractivity contribution in [3.63, 3.8) is 0 Å². The Labute approximate surface area is 485 Å². The standard InChI is InChI=1S/C60H90N2.2C7H15.Ni/c1-4-7-10-13-16-18-20-22-24-26-28-30-32-34-37-39-46-54-48-42-44-51-57(54)59-53-56(50-41-36-15-12-9-6-3)60(62(59)61)58-52-45-43-49-55(58)47-40-38-35-33-31-29-27-25-23-21-19-17-14-11-8-5-2;2*1-3-5-7-6-4-2;/h41-45,48-53H,4-31,36-40,46-47H2,1-3H3;2*1,3-7H2,2H3;. The van der Waals surface area contributed by atoms with Gasteiger partial charge in [-0.2, -0.15) is 0 Å². The molecule has 77 heavy (non-hydrogen) atoms. The normalized spacial score (nSPS) is 12.2. The Morgan fingerprint density at radius 1 is 0.390 bits per heavy atom. The number of unbranched alkanes of at least 4 members (excludes halogenated alkanes) is 36. The van der Waals surface area contributed by atoms with Gasteiger partial charge in [-0.3, -0.25) is 0 Å². The summed E-state index contributed by atoms with van der Waals surface area (Å²) in [5, 5.41) is 2.84. The minimum atomic E-state index is 0.867. The number of nitrogens with zero attached hydrogens (tertiary/aromatic N) is 2. The van der Waals surface area contributed by atoms with Crippen molar-refractivity contribution in [2.75, 3.05) is 0 Å². The van der Waals surface area contributed by atoms with Gasteiger partial charge in [-0.25, -0.2) is 4.70 Å². The summed E-state index contributed by atoms with van der Waals surface area (Å²) in [4.78, 5) is 0. The van der Waals surface area contributed by atoms with Crippen LogP contribution in [0.15, 0.2) is 72.3 Å². The first-order valence-corrected chi connectivity index (χ1v) is 34.7. The van der Waals surface area contributed by atoms with Crippen LogP contribution in [0.2, 0.25) is 10.8 Å². The Bertz CT molecular complexity index is 1910. The van der Waals surface area contributed by atoms with Crippen molar-refractivity contribution in [3.05, 3.63) is 100 Å². The van der Waals surface area contributed by atoms with Gasteiger partial charge in [0.05, 0.1) is 5.57 Å². The van der Waals surface area contributed by atoms with Crippen molar-refractivity contribution < 1.29 is 19.1 Å². The number of aryl methyl sites for hydroxylation is 2. The zero-order chi connectivity index (χ0) is 55.2. The Hall–Kier alpha value is -3.13. The first kappa shape index (κ1) is 70.0. The van der Waals surface area contributed by atoms with E-state index in [4.69, 9.17) is 0 Å². The van der Waals surface area contributed by atoms with Crippen LogP contribution < -0.4 is 0 Å². The summed E-state index contributed by atoms with van der Waals surface area (Å²) >= 11 is 2.00. The molecule has 2 aromatic rings. The van der Waals surface area contributed by atoms with E-state index in [0.29, 0.717) is 0 Å². The SMILES string of the molecule is CCCCCCC=CC1=C(c2ccccc2CCCC#CCCCCCCCCCCCCC)[N+](=[N-])C(c2ccccc2CCCC#CCCCCCCCCCCCCC)=C1.CCCCCC[CH2][Ni][CH2]CCCCCC. The van der Waals surface area contributed by atoms with Crippen LogP contribution in [-0.4, -0.2) is 4.70 Å². The third-order valence-corrected chi connectivity index (χ3v) is 16.7. The average Bonchev–Trinajstić information content (AvgIpc) is 3.79. The van der Waals surface area contributed by atoms with Gasteiger partial charge in [-0.15, -0.1) is 23.7 Å². The van der Waals surface area contributed by atoms with E-state index in [0.717, 1.165) is 85.9 Å². The second-order valence-electron chi connectivity index (χ2n) is 22.5. The number of rotatable bonds is 48. The topological polar surface area (TPSA) is 25.3 Å². The minimum absolute atomic E-state index is 0.867. The zero-order valence-electron chi connectivity index (χ0n) is 51.3. The monoisotopic (exact) mass is 1090 g/mol.